The van der Waals surface area contributed by atoms with Gasteiger partial charge in [-0.1, -0.05) is 60.7 Å². The summed E-state index contributed by atoms with van der Waals surface area (Å²) in [6.07, 6.45) is 0. The van der Waals surface area contributed by atoms with E-state index in [1.807, 2.05) is 36.4 Å². The van der Waals surface area contributed by atoms with E-state index in [-0.39, 0.29) is 36.9 Å². The predicted octanol–water partition coefficient (Wildman–Crippen LogP) is 3.21. The first-order valence-corrected chi connectivity index (χ1v) is 11.8. The number of amides is 1. The quantitative estimate of drug-likeness (QED) is 0.305. The first kappa shape index (κ1) is 25.2. The first-order valence-electron chi connectivity index (χ1n) is 11.8. The van der Waals surface area contributed by atoms with Gasteiger partial charge in [-0.3, -0.25) is 23.5 Å². The first-order chi connectivity index (χ1) is 17.9. The van der Waals surface area contributed by atoms with Crippen molar-refractivity contribution in [2.45, 2.75) is 20.0 Å². The second kappa shape index (κ2) is 11.2. The second-order valence-corrected chi connectivity index (χ2v) is 8.31. The summed E-state index contributed by atoms with van der Waals surface area (Å²) < 4.78 is 2.24. The van der Waals surface area contributed by atoms with Crippen LogP contribution in [0, 0.1) is 0 Å². The van der Waals surface area contributed by atoms with Crippen molar-refractivity contribution in [1.82, 2.24) is 9.13 Å². The highest BCUT2D eigenvalue weighted by Gasteiger charge is 2.22. The zero-order valence-electron chi connectivity index (χ0n) is 20.3. The molecule has 0 unspecified atom stereocenters. The third-order valence-electron chi connectivity index (χ3n) is 5.90. The Kier molecular flexibility index (Phi) is 7.63. The number of hydrogen-bond donors (Lipinski definition) is 3. The monoisotopic (exact) mass is 497 g/mol. The third kappa shape index (κ3) is 5.51. The lowest BCUT2D eigenvalue weighted by molar-refractivity contribution is 0.100. The summed E-state index contributed by atoms with van der Waals surface area (Å²) in [6, 6.07) is 24.8. The van der Waals surface area contributed by atoms with Gasteiger partial charge in [-0.25, -0.2) is 4.79 Å². The van der Waals surface area contributed by atoms with Gasteiger partial charge in [0.2, 0.25) is 0 Å². The summed E-state index contributed by atoms with van der Waals surface area (Å²) in [4.78, 5) is 51.8. The lowest BCUT2D eigenvalue weighted by Crippen LogP contribution is -2.44. The van der Waals surface area contributed by atoms with Crippen LogP contribution in [0.15, 0.2) is 94.5 Å². The van der Waals surface area contributed by atoms with Crippen LogP contribution in [0.25, 0.3) is 0 Å². The van der Waals surface area contributed by atoms with Crippen molar-refractivity contribution in [1.29, 1.82) is 0 Å². The van der Waals surface area contributed by atoms with Crippen LogP contribution in [0.3, 0.4) is 0 Å². The van der Waals surface area contributed by atoms with Gasteiger partial charge in [0.25, 0.3) is 11.5 Å². The fraction of sp³-hybridized carbons (Fsp3) is 0.143. The Hall–Kier alpha value is -4.92. The molecule has 0 atom stereocenters. The minimum Gasteiger partial charge on any atom is -0.384 e. The number of para-hydroxylation sites is 2. The molecule has 1 amide bonds. The fourth-order valence-electron chi connectivity index (χ4n) is 3.97. The lowest BCUT2D eigenvalue weighted by Gasteiger charge is -2.17. The molecule has 0 aliphatic heterocycles. The number of nitrogens with one attached hydrogen (secondary N) is 2. The maximum Gasteiger partial charge on any atom is 0.332 e. The molecule has 0 aliphatic carbocycles. The van der Waals surface area contributed by atoms with E-state index >= 15 is 0 Å². The molecule has 188 valence electrons. The van der Waals surface area contributed by atoms with Crippen LogP contribution in [0.1, 0.15) is 33.2 Å². The van der Waals surface area contributed by atoms with E-state index < -0.39 is 17.0 Å². The van der Waals surface area contributed by atoms with Crippen molar-refractivity contribution in [3.8, 4) is 0 Å². The van der Waals surface area contributed by atoms with E-state index in [9.17, 15) is 19.2 Å². The summed E-state index contributed by atoms with van der Waals surface area (Å²) >= 11 is 0. The van der Waals surface area contributed by atoms with Gasteiger partial charge in [-0.15, -0.1) is 0 Å². The average molecular weight is 498 g/mol. The smallest absolute Gasteiger partial charge is 0.332 e. The SMILES string of the molecule is CCn1c(=O)c(C(=O)CNc2ccccc2NC(=O)c2ccccc2)c(N)n(Cc2ccccc2)c1=O. The van der Waals surface area contributed by atoms with Gasteiger partial charge < -0.3 is 16.4 Å². The highest BCUT2D eigenvalue weighted by Crippen LogP contribution is 2.22. The highest BCUT2D eigenvalue weighted by molar-refractivity contribution is 6.06. The van der Waals surface area contributed by atoms with E-state index in [1.165, 1.54) is 4.57 Å². The average Bonchev–Trinajstić information content (AvgIpc) is 2.92. The molecule has 0 radical (unpaired) electrons. The summed E-state index contributed by atoms with van der Waals surface area (Å²) in [5.74, 6) is -1.05. The molecular formula is C28H27N5O4. The van der Waals surface area contributed by atoms with Crippen LogP contribution in [0.4, 0.5) is 17.2 Å². The molecule has 0 bridgehead atoms. The molecule has 0 aliphatic rings. The number of nitrogens with two attached hydrogens (primary N) is 1. The van der Waals surface area contributed by atoms with Gasteiger partial charge >= 0.3 is 5.69 Å². The molecule has 37 heavy (non-hydrogen) atoms. The van der Waals surface area contributed by atoms with Gasteiger partial charge in [0.05, 0.1) is 24.5 Å². The number of nitrogens with zero attached hydrogens (tertiary/aromatic N) is 2. The largest absolute Gasteiger partial charge is 0.384 e. The fourth-order valence-corrected chi connectivity index (χ4v) is 3.97. The Morgan fingerprint density at radius 2 is 1.41 bits per heavy atom. The van der Waals surface area contributed by atoms with Crippen molar-refractivity contribution >= 4 is 28.9 Å². The minimum absolute atomic E-state index is 0.0921. The number of nitrogen functional groups attached to an aromatic ring is 1. The minimum atomic E-state index is -0.730. The summed E-state index contributed by atoms with van der Waals surface area (Å²) in [5, 5.41) is 5.82. The molecule has 1 heterocycles. The predicted molar refractivity (Wildman–Crippen MR) is 144 cm³/mol. The zero-order valence-corrected chi connectivity index (χ0v) is 20.3. The van der Waals surface area contributed by atoms with Gasteiger partial charge in [-0.05, 0) is 36.8 Å². The topological polar surface area (TPSA) is 128 Å². The second-order valence-electron chi connectivity index (χ2n) is 8.31. The lowest BCUT2D eigenvalue weighted by atomic mass is 10.1. The normalized spacial score (nSPS) is 10.6. The van der Waals surface area contributed by atoms with Gasteiger partial charge in [0.15, 0.2) is 5.78 Å². The molecule has 9 nitrogen and oxygen atoms in total. The number of Topliss-reactive ketones (excluding diaryl/α,β-unsaturated/α-hetero) is 1. The van der Waals surface area contributed by atoms with Crippen LogP contribution < -0.4 is 27.6 Å². The third-order valence-corrected chi connectivity index (χ3v) is 5.90. The summed E-state index contributed by atoms with van der Waals surface area (Å²) in [6.45, 7) is 1.59. The Bertz CT molecular complexity index is 1540. The van der Waals surface area contributed by atoms with Crippen LogP contribution in [0.2, 0.25) is 0 Å². The molecule has 3 aromatic carbocycles. The number of carbonyl (C=O) groups excluding carboxylic acids is 2. The molecule has 4 rings (SSSR count). The summed E-state index contributed by atoms with van der Waals surface area (Å²) in [5.41, 5.74) is 6.92. The zero-order chi connectivity index (χ0) is 26.4. The molecule has 9 heteroatoms. The number of benzene rings is 3. The van der Waals surface area contributed by atoms with Crippen molar-refractivity contribution in [2.75, 3.05) is 22.9 Å². The van der Waals surface area contributed by atoms with E-state index in [2.05, 4.69) is 10.6 Å². The number of hydrogen-bond acceptors (Lipinski definition) is 6. The molecule has 0 saturated carbocycles. The molecule has 1 aromatic heterocycles. The molecule has 0 fully saturated rings. The van der Waals surface area contributed by atoms with Crippen molar-refractivity contribution in [3.05, 3.63) is 122 Å². The Balaban J connectivity index is 1.60. The van der Waals surface area contributed by atoms with E-state index in [1.54, 1.807) is 55.5 Å². The van der Waals surface area contributed by atoms with Crippen molar-refractivity contribution in [2.24, 2.45) is 0 Å². The summed E-state index contributed by atoms with van der Waals surface area (Å²) in [7, 11) is 0. The Morgan fingerprint density at radius 3 is 2.05 bits per heavy atom. The van der Waals surface area contributed by atoms with E-state index in [0.29, 0.717) is 16.9 Å². The van der Waals surface area contributed by atoms with Crippen LogP contribution in [0.5, 0.6) is 0 Å². The molecular weight excluding hydrogens is 470 g/mol. The Morgan fingerprint density at radius 1 is 0.811 bits per heavy atom. The van der Waals surface area contributed by atoms with Crippen LogP contribution in [-0.2, 0) is 13.1 Å². The molecule has 0 saturated heterocycles. The molecule has 0 spiro atoms. The number of rotatable bonds is 9. The van der Waals surface area contributed by atoms with Crippen LogP contribution in [-0.4, -0.2) is 27.4 Å². The number of aromatic nitrogens is 2. The number of carbonyl (C=O) groups is 2. The molecule has 4 aromatic rings. The Labute approximate surface area is 213 Å². The van der Waals surface area contributed by atoms with Gasteiger partial charge in [0, 0.05) is 12.1 Å². The van der Waals surface area contributed by atoms with E-state index in [4.69, 9.17) is 5.73 Å². The number of anilines is 3. The van der Waals surface area contributed by atoms with Crippen molar-refractivity contribution in [3.63, 3.8) is 0 Å². The van der Waals surface area contributed by atoms with Crippen molar-refractivity contribution < 1.29 is 9.59 Å². The van der Waals surface area contributed by atoms with E-state index in [0.717, 1.165) is 10.1 Å². The van der Waals surface area contributed by atoms with Gasteiger partial charge in [-0.2, -0.15) is 0 Å². The van der Waals surface area contributed by atoms with Crippen LogP contribution >= 0.6 is 0 Å². The maximum absolute atomic E-state index is 13.2. The standard InChI is InChI=1S/C28H27N5O4/c1-2-32-27(36)24(25(29)33(28(32)37)18-19-11-5-3-6-12-19)23(34)17-30-21-15-9-10-16-22(21)31-26(35)20-13-7-4-8-14-20/h3-16,30H,2,17-18,29H2,1H3,(H,31,35). The van der Waals surface area contributed by atoms with Gasteiger partial charge in [0.1, 0.15) is 11.4 Å². The highest BCUT2D eigenvalue weighted by atomic mass is 16.2. The number of ketones is 1. The molecule has 4 N–H and O–H groups in total. The maximum atomic E-state index is 13.2.